The second-order valence-electron chi connectivity index (χ2n) is 5.20. The van der Waals surface area contributed by atoms with E-state index in [2.05, 4.69) is 41.5 Å². The van der Waals surface area contributed by atoms with Gasteiger partial charge in [-0.2, -0.15) is 0 Å². The minimum Gasteiger partial charge on any atom is -0.493 e. The van der Waals surface area contributed by atoms with Crippen molar-refractivity contribution in [2.24, 2.45) is 5.92 Å². The molecule has 3 nitrogen and oxygen atoms in total. The van der Waals surface area contributed by atoms with Crippen molar-refractivity contribution in [2.45, 2.75) is 19.4 Å². The predicted octanol–water partition coefficient (Wildman–Crippen LogP) is 2.98. The van der Waals surface area contributed by atoms with Crippen LogP contribution in [0.4, 0.5) is 0 Å². The Morgan fingerprint density at radius 3 is 3.00 bits per heavy atom. The maximum Gasteiger partial charge on any atom is 0.122 e. The molecule has 0 fully saturated rings. The SMILES string of the molecule is CCNC(c1cccnc1)C1COc2ccccc2C1. The molecule has 2 heterocycles. The van der Waals surface area contributed by atoms with Gasteiger partial charge >= 0.3 is 0 Å². The van der Waals surface area contributed by atoms with Gasteiger partial charge in [0, 0.05) is 24.4 Å². The van der Waals surface area contributed by atoms with E-state index in [9.17, 15) is 0 Å². The highest BCUT2D eigenvalue weighted by molar-refractivity contribution is 5.35. The van der Waals surface area contributed by atoms with E-state index in [1.807, 2.05) is 24.5 Å². The van der Waals surface area contributed by atoms with Crippen molar-refractivity contribution in [2.75, 3.05) is 13.2 Å². The second kappa shape index (κ2) is 6.06. The number of ether oxygens (including phenoxy) is 1. The molecule has 0 radical (unpaired) electrons. The Balaban J connectivity index is 1.83. The molecule has 2 aromatic rings. The smallest absolute Gasteiger partial charge is 0.122 e. The van der Waals surface area contributed by atoms with Crippen molar-refractivity contribution < 1.29 is 4.74 Å². The van der Waals surface area contributed by atoms with Crippen LogP contribution < -0.4 is 10.1 Å². The van der Waals surface area contributed by atoms with E-state index < -0.39 is 0 Å². The van der Waals surface area contributed by atoms with Crippen LogP contribution in [0.2, 0.25) is 0 Å². The van der Waals surface area contributed by atoms with Crippen LogP contribution in [-0.2, 0) is 6.42 Å². The molecule has 104 valence electrons. The molecule has 2 atom stereocenters. The maximum absolute atomic E-state index is 5.92. The van der Waals surface area contributed by atoms with Gasteiger partial charge < -0.3 is 10.1 Å². The topological polar surface area (TPSA) is 34.2 Å². The number of pyridine rings is 1. The fourth-order valence-corrected chi connectivity index (χ4v) is 2.90. The minimum absolute atomic E-state index is 0.294. The van der Waals surface area contributed by atoms with E-state index in [4.69, 9.17) is 4.74 Å². The third kappa shape index (κ3) is 2.68. The summed E-state index contributed by atoms with van der Waals surface area (Å²) >= 11 is 0. The highest BCUT2D eigenvalue weighted by Gasteiger charge is 2.28. The zero-order valence-corrected chi connectivity index (χ0v) is 11.8. The van der Waals surface area contributed by atoms with Crippen molar-refractivity contribution >= 4 is 0 Å². The molecule has 20 heavy (non-hydrogen) atoms. The first-order chi connectivity index (χ1) is 9.88. The summed E-state index contributed by atoms with van der Waals surface area (Å²) in [7, 11) is 0. The van der Waals surface area contributed by atoms with Crippen LogP contribution >= 0.6 is 0 Å². The molecule has 0 saturated heterocycles. The predicted molar refractivity (Wildman–Crippen MR) is 79.8 cm³/mol. The number of aromatic nitrogens is 1. The van der Waals surface area contributed by atoms with Crippen LogP contribution in [0.3, 0.4) is 0 Å². The Bertz CT molecular complexity index is 556. The van der Waals surface area contributed by atoms with Gasteiger partial charge in [0.05, 0.1) is 6.61 Å². The van der Waals surface area contributed by atoms with Crippen LogP contribution in [0, 0.1) is 5.92 Å². The lowest BCUT2D eigenvalue weighted by Gasteiger charge is -2.32. The van der Waals surface area contributed by atoms with Gasteiger partial charge in [-0.25, -0.2) is 0 Å². The van der Waals surface area contributed by atoms with Crippen molar-refractivity contribution in [1.82, 2.24) is 10.3 Å². The van der Waals surface area contributed by atoms with E-state index in [0.29, 0.717) is 12.0 Å². The molecule has 0 bridgehead atoms. The number of nitrogens with one attached hydrogen (secondary N) is 1. The minimum atomic E-state index is 0.294. The summed E-state index contributed by atoms with van der Waals surface area (Å²) in [4.78, 5) is 4.25. The zero-order valence-electron chi connectivity index (χ0n) is 11.8. The summed E-state index contributed by atoms with van der Waals surface area (Å²) in [5.41, 5.74) is 2.54. The van der Waals surface area contributed by atoms with E-state index in [0.717, 1.165) is 25.3 Å². The van der Waals surface area contributed by atoms with Gasteiger partial charge in [0.2, 0.25) is 0 Å². The molecular weight excluding hydrogens is 248 g/mol. The van der Waals surface area contributed by atoms with E-state index in [1.165, 1.54) is 11.1 Å². The Morgan fingerprint density at radius 2 is 2.20 bits per heavy atom. The number of para-hydroxylation sites is 1. The third-order valence-corrected chi connectivity index (χ3v) is 3.85. The lowest BCUT2D eigenvalue weighted by atomic mass is 9.87. The Morgan fingerprint density at radius 1 is 1.30 bits per heavy atom. The maximum atomic E-state index is 5.92. The summed E-state index contributed by atoms with van der Waals surface area (Å²) < 4.78 is 5.92. The number of rotatable bonds is 4. The molecular formula is C17H20N2O. The number of benzene rings is 1. The average molecular weight is 268 g/mol. The van der Waals surface area contributed by atoms with Crippen LogP contribution in [-0.4, -0.2) is 18.1 Å². The first-order valence-electron chi connectivity index (χ1n) is 7.22. The van der Waals surface area contributed by atoms with E-state index in [-0.39, 0.29) is 0 Å². The fourth-order valence-electron chi connectivity index (χ4n) is 2.90. The average Bonchev–Trinajstić information content (AvgIpc) is 2.53. The molecule has 3 rings (SSSR count). The number of nitrogens with zero attached hydrogens (tertiary/aromatic N) is 1. The van der Waals surface area contributed by atoms with Gasteiger partial charge in [0.15, 0.2) is 0 Å². The summed E-state index contributed by atoms with van der Waals surface area (Å²) in [5, 5.41) is 3.58. The lowest BCUT2D eigenvalue weighted by Crippen LogP contribution is -2.35. The van der Waals surface area contributed by atoms with Crippen LogP contribution in [0.15, 0.2) is 48.8 Å². The molecule has 1 N–H and O–H groups in total. The summed E-state index contributed by atoms with van der Waals surface area (Å²) in [6.07, 6.45) is 4.82. The van der Waals surface area contributed by atoms with Crippen molar-refractivity contribution in [3.8, 4) is 5.75 Å². The zero-order chi connectivity index (χ0) is 13.8. The molecule has 3 heteroatoms. The van der Waals surface area contributed by atoms with Gasteiger partial charge in [0.1, 0.15) is 5.75 Å². The quantitative estimate of drug-likeness (QED) is 0.925. The van der Waals surface area contributed by atoms with Crippen LogP contribution in [0.25, 0.3) is 0 Å². The lowest BCUT2D eigenvalue weighted by molar-refractivity contribution is 0.185. The Hall–Kier alpha value is -1.87. The highest BCUT2D eigenvalue weighted by Crippen LogP contribution is 2.33. The monoisotopic (exact) mass is 268 g/mol. The van der Waals surface area contributed by atoms with Gasteiger partial charge in [-0.15, -0.1) is 0 Å². The molecule has 2 unspecified atom stereocenters. The standard InChI is InChI=1S/C17H20N2O/c1-2-19-17(14-7-5-9-18-11-14)15-10-13-6-3-4-8-16(13)20-12-15/h3-9,11,15,17,19H,2,10,12H2,1H3. The van der Waals surface area contributed by atoms with E-state index in [1.54, 1.807) is 0 Å². The van der Waals surface area contributed by atoms with Crippen LogP contribution in [0.1, 0.15) is 24.1 Å². The number of hydrogen-bond acceptors (Lipinski definition) is 3. The molecule has 0 spiro atoms. The third-order valence-electron chi connectivity index (χ3n) is 3.85. The number of fused-ring (bicyclic) bond motifs is 1. The first-order valence-corrected chi connectivity index (χ1v) is 7.22. The molecule has 1 aliphatic rings. The van der Waals surface area contributed by atoms with Crippen molar-refractivity contribution in [1.29, 1.82) is 0 Å². The largest absolute Gasteiger partial charge is 0.493 e. The highest BCUT2D eigenvalue weighted by atomic mass is 16.5. The van der Waals surface area contributed by atoms with Crippen molar-refractivity contribution in [3.05, 3.63) is 59.9 Å². The molecule has 1 aromatic heterocycles. The number of hydrogen-bond donors (Lipinski definition) is 1. The Labute approximate surface area is 120 Å². The van der Waals surface area contributed by atoms with Crippen LogP contribution in [0.5, 0.6) is 5.75 Å². The summed E-state index contributed by atoms with van der Waals surface area (Å²) in [6, 6.07) is 12.8. The molecule has 0 aliphatic carbocycles. The first kappa shape index (κ1) is 13.1. The molecule has 0 amide bonds. The van der Waals surface area contributed by atoms with Gasteiger partial charge in [0.25, 0.3) is 0 Å². The summed E-state index contributed by atoms with van der Waals surface area (Å²) in [5.74, 6) is 1.47. The van der Waals surface area contributed by atoms with Gasteiger partial charge in [-0.3, -0.25) is 4.98 Å². The molecule has 1 aromatic carbocycles. The summed E-state index contributed by atoms with van der Waals surface area (Å²) in [6.45, 7) is 3.84. The van der Waals surface area contributed by atoms with Gasteiger partial charge in [-0.1, -0.05) is 31.2 Å². The fraction of sp³-hybridized carbons (Fsp3) is 0.353. The Kier molecular flexibility index (Phi) is 3.97. The van der Waals surface area contributed by atoms with Gasteiger partial charge in [-0.05, 0) is 36.2 Å². The van der Waals surface area contributed by atoms with Crippen molar-refractivity contribution in [3.63, 3.8) is 0 Å². The molecule has 0 saturated carbocycles. The normalized spacial score (nSPS) is 18.9. The second-order valence-corrected chi connectivity index (χ2v) is 5.20. The molecule has 1 aliphatic heterocycles. The van der Waals surface area contributed by atoms with E-state index >= 15 is 0 Å².